The molecule has 0 unspecified atom stereocenters. The van der Waals surface area contributed by atoms with Crippen molar-refractivity contribution in [1.82, 2.24) is 5.32 Å². The maximum absolute atomic E-state index is 10.3. The number of carboxylic acids is 1. The summed E-state index contributed by atoms with van der Waals surface area (Å²) in [6.45, 7) is 1.25. The molecule has 1 fully saturated rings. The van der Waals surface area contributed by atoms with E-state index in [1.165, 1.54) is 43.2 Å². The van der Waals surface area contributed by atoms with E-state index in [9.17, 15) is 9.90 Å². The molecule has 5 nitrogen and oxygen atoms in total. The standard InChI is InChI=1S/C21H29NO4/c23-19(15-26-10-4-3-7-20(24)25)14-22-21(8-9-21)13-16-11-17-5-1-2-6-18(17)12-16/h1-3,5-7,16,19,22-23H,4,8-15H2,(H,24,25)/b7-3+/t19-/m0/s1. The van der Waals surface area contributed by atoms with Crippen LogP contribution in [-0.4, -0.2) is 47.6 Å². The van der Waals surface area contributed by atoms with Crippen LogP contribution in [-0.2, 0) is 22.4 Å². The monoisotopic (exact) mass is 359 g/mol. The van der Waals surface area contributed by atoms with E-state index >= 15 is 0 Å². The van der Waals surface area contributed by atoms with Crippen molar-refractivity contribution in [3.05, 3.63) is 47.5 Å². The minimum atomic E-state index is -0.950. The highest BCUT2D eigenvalue weighted by molar-refractivity contribution is 5.79. The first-order valence-electron chi connectivity index (χ1n) is 9.53. The van der Waals surface area contributed by atoms with Crippen molar-refractivity contribution in [3.63, 3.8) is 0 Å². The van der Waals surface area contributed by atoms with E-state index in [0.717, 1.165) is 6.08 Å². The summed E-state index contributed by atoms with van der Waals surface area (Å²) in [6.07, 6.45) is 8.58. The summed E-state index contributed by atoms with van der Waals surface area (Å²) >= 11 is 0. The largest absolute Gasteiger partial charge is 0.478 e. The molecule has 26 heavy (non-hydrogen) atoms. The SMILES string of the molecule is O=C(O)/C=C/CCOC[C@@H](O)CNC1(CC2Cc3ccccc3C2)CC1. The van der Waals surface area contributed by atoms with Gasteiger partial charge in [0.05, 0.1) is 19.3 Å². The van der Waals surface area contributed by atoms with E-state index in [1.807, 2.05) is 0 Å². The van der Waals surface area contributed by atoms with Crippen LogP contribution in [0.25, 0.3) is 0 Å². The zero-order valence-electron chi connectivity index (χ0n) is 15.2. The molecular weight excluding hydrogens is 330 g/mol. The number of nitrogens with one attached hydrogen (secondary N) is 1. The van der Waals surface area contributed by atoms with Gasteiger partial charge in [0.25, 0.3) is 0 Å². The van der Waals surface area contributed by atoms with Gasteiger partial charge in [-0.2, -0.15) is 0 Å². The Morgan fingerprint density at radius 2 is 2.00 bits per heavy atom. The minimum Gasteiger partial charge on any atom is -0.478 e. The summed E-state index contributed by atoms with van der Waals surface area (Å²) in [7, 11) is 0. The molecule has 3 N–H and O–H groups in total. The van der Waals surface area contributed by atoms with Crippen molar-refractivity contribution in [3.8, 4) is 0 Å². The first kappa shape index (κ1) is 19.1. The fourth-order valence-electron chi connectivity index (χ4n) is 3.90. The zero-order chi connectivity index (χ0) is 18.4. The normalized spacial score (nSPS) is 19.6. The van der Waals surface area contributed by atoms with Crippen LogP contribution >= 0.6 is 0 Å². The molecule has 0 bridgehead atoms. The lowest BCUT2D eigenvalue weighted by Crippen LogP contribution is -2.40. The van der Waals surface area contributed by atoms with Gasteiger partial charge in [0.2, 0.25) is 0 Å². The summed E-state index contributed by atoms with van der Waals surface area (Å²) in [4.78, 5) is 10.3. The summed E-state index contributed by atoms with van der Waals surface area (Å²) in [5.74, 6) is -0.244. The minimum absolute atomic E-state index is 0.206. The van der Waals surface area contributed by atoms with Crippen molar-refractivity contribution < 1.29 is 19.7 Å². The van der Waals surface area contributed by atoms with Gasteiger partial charge in [-0.3, -0.25) is 0 Å². The van der Waals surface area contributed by atoms with E-state index in [0.29, 0.717) is 25.5 Å². The van der Waals surface area contributed by atoms with Gasteiger partial charge in [0.1, 0.15) is 0 Å². The number of carbonyl (C=O) groups is 1. The van der Waals surface area contributed by atoms with Crippen molar-refractivity contribution in [2.45, 2.75) is 50.2 Å². The quantitative estimate of drug-likeness (QED) is 0.417. The highest BCUT2D eigenvalue weighted by Gasteiger charge is 2.44. The van der Waals surface area contributed by atoms with Crippen LogP contribution in [0.15, 0.2) is 36.4 Å². The van der Waals surface area contributed by atoms with Crippen molar-refractivity contribution in [2.24, 2.45) is 5.92 Å². The van der Waals surface area contributed by atoms with Gasteiger partial charge in [-0.05, 0) is 55.6 Å². The molecule has 0 saturated heterocycles. The number of benzene rings is 1. The molecule has 0 amide bonds. The van der Waals surface area contributed by atoms with E-state index in [4.69, 9.17) is 9.84 Å². The van der Waals surface area contributed by atoms with Crippen molar-refractivity contribution in [2.75, 3.05) is 19.8 Å². The highest BCUT2D eigenvalue weighted by Crippen LogP contribution is 2.44. The summed E-state index contributed by atoms with van der Waals surface area (Å²) in [5.41, 5.74) is 3.20. The van der Waals surface area contributed by atoms with Gasteiger partial charge in [-0.1, -0.05) is 30.3 Å². The van der Waals surface area contributed by atoms with Crippen molar-refractivity contribution in [1.29, 1.82) is 0 Å². The third-order valence-electron chi connectivity index (χ3n) is 5.38. The second kappa shape index (κ2) is 8.80. The fraction of sp³-hybridized carbons (Fsp3) is 0.571. The Hall–Kier alpha value is -1.69. The van der Waals surface area contributed by atoms with Gasteiger partial charge in [-0.25, -0.2) is 4.79 Å². The number of hydrogen-bond donors (Lipinski definition) is 3. The maximum atomic E-state index is 10.3. The van der Waals surface area contributed by atoms with E-state index in [1.54, 1.807) is 6.08 Å². The lowest BCUT2D eigenvalue weighted by Gasteiger charge is -2.23. The molecule has 5 heteroatoms. The van der Waals surface area contributed by atoms with Crippen LogP contribution in [0.1, 0.15) is 36.8 Å². The first-order valence-corrected chi connectivity index (χ1v) is 9.53. The Balaban J connectivity index is 1.31. The van der Waals surface area contributed by atoms with E-state index < -0.39 is 12.1 Å². The third-order valence-corrected chi connectivity index (χ3v) is 5.38. The van der Waals surface area contributed by atoms with E-state index in [-0.39, 0.29) is 12.1 Å². The van der Waals surface area contributed by atoms with Crippen LogP contribution in [0.4, 0.5) is 0 Å². The van der Waals surface area contributed by atoms with Gasteiger partial charge < -0.3 is 20.3 Å². The topological polar surface area (TPSA) is 78.8 Å². The smallest absolute Gasteiger partial charge is 0.327 e. The Bertz CT molecular complexity index is 614. The molecular formula is C21H29NO4. The van der Waals surface area contributed by atoms with Crippen LogP contribution in [0.5, 0.6) is 0 Å². The molecule has 0 spiro atoms. The summed E-state index contributed by atoms with van der Waals surface area (Å²) < 4.78 is 5.40. The molecule has 142 valence electrons. The first-order chi connectivity index (χ1) is 12.6. The summed E-state index contributed by atoms with van der Waals surface area (Å²) in [5, 5.41) is 22.1. The lowest BCUT2D eigenvalue weighted by atomic mass is 9.95. The molecule has 0 radical (unpaired) electrons. The van der Waals surface area contributed by atoms with Crippen LogP contribution in [0, 0.1) is 5.92 Å². The molecule has 1 aromatic rings. The molecule has 0 aromatic heterocycles. The Labute approximate surface area is 155 Å². The molecule has 2 aliphatic carbocycles. The fourth-order valence-corrected chi connectivity index (χ4v) is 3.90. The molecule has 0 aliphatic heterocycles. The van der Waals surface area contributed by atoms with Crippen LogP contribution in [0.2, 0.25) is 0 Å². The average molecular weight is 359 g/mol. The molecule has 0 heterocycles. The van der Waals surface area contributed by atoms with Gasteiger partial charge in [0.15, 0.2) is 0 Å². The molecule has 1 aromatic carbocycles. The van der Waals surface area contributed by atoms with Crippen LogP contribution < -0.4 is 5.32 Å². The number of aliphatic carboxylic acids is 1. The van der Waals surface area contributed by atoms with E-state index in [2.05, 4.69) is 29.6 Å². The number of β-amino-alcohol motifs (C(OH)–C–C–N with tert-alkyl or cyclic N) is 1. The summed E-state index contributed by atoms with van der Waals surface area (Å²) in [6, 6.07) is 8.74. The number of hydrogen-bond acceptors (Lipinski definition) is 4. The predicted molar refractivity (Wildman–Crippen MR) is 100 cm³/mol. The second-order valence-electron chi connectivity index (χ2n) is 7.67. The predicted octanol–water partition coefficient (Wildman–Crippen LogP) is 2.32. The van der Waals surface area contributed by atoms with Gasteiger partial charge >= 0.3 is 5.97 Å². The van der Waals surface area contributed by atoms with Crippen LogP contribution in [0.3, 0.4) is 0 Å². The lowest BCUT2D eigenvalue weighted by molar-refractivity contribution is -0.131. The third kappa shape index (κ3) is 5.66. The molecule has 3 rings (SSSR count). The van der Waals surface area contributed by atoms with Crippen molar-refractivity contribution >= 4 is 5.97 Å². The van der Waals surface area contributed by atoms with Gasteiger partial charge in [-0.15, -0.1) is 0 Å². The zero-order valence-corrected chi connectivity index (χ0v) is 15.2. The second-order valence-corrected chi connectivity index (χ2v) is 7.67. The maximum Gasteiger partial charge on any atom is 0.327 e. The highest BCUT2D eigenvalue weighted by atomic mass is 16.5. The number of aliphatic hydroxyl groups is 1. The molecule has 1 atom stereocenters. The number of rotatable bonds is 11. The average Bonchev–Trinajstić information content (AvgIpc) is 3.25. The molecule has 1 saturated carbocycles. The number of carboxylic acid groups (broad SMARTS) is 1. The number of aliphatic hydroxyl groups excluding tert-OH is 1. The Morgan fingerprint density at radius 3 is 2.62 bits per heavy atom. The number of fused-ring (bicyclic) bond motifs is 1. The Morgan fingerprint density at radius 1 is 1.31 bits per heavy atom. The Kier molecular flexibility index (Phi) is 6.46. The number of ether oxygens (including phenoxy) is 1. The molecule has 2 aliphatic rings. The van der Waals surface area contributed by atoms with Gasteiger partial charge in [0, 0.05) is 18.2 Å².